The molecule has 7 heteroatoms. The third kappa shape index (κ3) is 2.18. The summed E-state index contributed by atoms with van der Waals surface area (Å²) in [6.07, 6.45) is 0. The van der Waals surface area contributed by atoms with E-state index >= 15 is 0 Å². The fourth-order valence-electron chi connectivity index (χ4n) is 2.03. The van der Waals surface area contributed by atoms with Crippen LogP contribution < -0.4 is 5.32 Å². The van der Waals surface area contributed by atoms with Gasteiger partial charge < -0.3 is 10.4 Å². The highest BCUT2D eigenvalue weighted by molar-refractivity contribution is 6.00. The molecule has 2 N–H and O–H groups in total. The van der Waals surface area contributed by atoms with Crippen LogP contribution in [0.1, 0.15) is 15.9 Å². The molecule has 0 saturated heterocycles. The van der Waals surface area contributed by atoms with Crippen LogP contribution in [0.3, 0.4) is 0 Å². The van der Waals surface area contributed by atoms with Gasteiger partial charge in [-0.05, 0) is 34.9 Å². The van der Waals surface area contributed by atoms with Gasteiger partial charge in [0.1, 0.15) is 5.52 Å². The van der Waals surface area contributed by atoms with Gasteiger partial charge in [-0.1, -0.05) is 18.2 Å². The van der Waals surface area contributed by atoms with E-state index in [0.29, 0.717) is 5.69 Å². The summed E-state index contributed by atoms with van der Waals surface area (Å²) >= 11 is 0. The number of fused-ring (bicyclic) bond motifs is 1. The number of carboxylic acid groups (broad SMARTS) is 1. The number of nitrogens with one attached hydrogen (secondary N) is 1. The molecule has 1 heterocycles. The zero-order chi connectivity index (χ0) is 15.0. The molecule has 0 atom stereocenters. The zero-order valence-corrected chi connectivity index (χ0v) is 10.9. The van der Waals surface area contributed by atoms with E-state index in [2.05, 4.69) is 20.3 Å². The summed E-state index contributed by atoms with van der Waals surface area (Å²) in [6.45, 7) is 1.83. The average Bonchev–Trinajstić information content (AvgIpc) is 2.92. The molecule has 0 radical (unpaired) electrons. The molecular weight excluding hydrogens is 277 g/mol. The number of nitrogens with zero attached hydrogens (tertiary/aromatic N) is 2. The summed E-state index contributed by atoms with van der Waals surface area (Å²) in [5.41, 5.74) is 0.997. The highest BCUT2D eigenvalue weighted by Gasteiger charge is 2.21. The molecule has 0 unspecified atom stereocenters. The van der Waals surface area contributed by atoms with E-state index in [1.807, 2.05) is 19.1 Å². The molecule has 0 amide bonds. The van der Waals surface area contributed by atoms with Gasteiger partial charge in [0, 0.05) is 5.69 Å². The Balaban J connectivity index is 2.20. The summed E-state index contributed by atoms with van der Waals surface area (Å²) in [5.74, 6) is -2.08. The maximum Gasteiger partial charge on any atom is 0.338 e. The van der Waals surface area contributed by atoms with Crippen LogP contribution >= 0.6 is 0 Å². The highest BCUT2D eigenvalue weighted by atomic mass is 19.1. The highest BCUT2D eigenvalue weighted by Crippen LogP contribution is 2.30. The first-order chi connectivity index (χ1) is 10.1. The Kier molecular flexibility index (Phi) is 3.02. The Labute approximate surface area is 118 Å². The van der Waals surface area contributed by atoms with Crippen molar-refractivity contribution in [3.8, 4) is 0 Å². The number of hydrogen-bond donors (Lipinski definition) is 2. The number of hydrogen-bond acceptors (Lipinski definition) is 5. The molecule has 0 aliphatic heterocycles. The third-order valence-corrected chi connectivity index (χ3v) is 3.13. The number of para-hydroxylation sites is 1. The number of aromatic carboxylic acids is 1. The predicted molar refractivity (Wildman–Crippen MR) is 73.2 cm³/mol. The maximum atomic E-state index is 14.5. The van der Waals surface area contributed by atoms with Gasteiger partial charge in [0.2, 0.25) is 0 Å². The van der Waals surface area contributed by atoms with Crippen LogP contribution in [0.2, 0.25) is 0 Å². The molecular formula is C14H10FN3O3. The third-order valence-electron chi connectivity index (χ3n) is 3.13. The lowest BCUT2D eigenvalue weighted by atomic mass is 10.1. The number of rotatable bonds is 3. The Morgan fingerprint density at radius 1 is 1.33 bits per heavy atom. The van der Waals surface area contributed by atoms with Gasteiger partial charge in [0.15, 0.2) is 11.3 Å². The van der Waals surface area contributed by atoms with E-state index in [1.54, 1.807) is 12.1 Å². The van der Waals surface area contributed by atoms with Crippen molar-refractivity contribution in [2.24, 2.45) is 0 Å². The molecule has 21 heavy (non-hydrogen) atoms. The number of aromatic nitrogens is 2. The van der Waals surface area contributed by atoms with E-state index in [9.17, 15) is 14.3 Å². The first-order valence-corrected chi connectivity index (χ1v) is 6.08. The minimum atomic E-state index is -1.27. The SMILES string of the molecule is Cc1ccccc1Nc1c(C(=O)O)cc2nonc2c1F. The van der Waals surface area contributed by atoms with Gasteiger partial charge >= 0.3 is 5.97 Å². The van der Waals surface area contributed by atoms with Crippen molar-refractivity contribution in [2.75, 3.05) is 5.32 Å². The predicted octanol–water partition coefficient (Wildman–Crippen LogP) is 3.11. The van der Waals surface area contributed by atoms with Crippen molar-refractivity contribution < 1.29 is 18.9 Å². The number of halogens is 1. The smallest absolute Gasteiger partial charge is 0.338 e. The standard InChI is InChI=1S/C14H10FN3O3/c1-7-4-2-3-5-9(7)16-12-8(14(19)20)6-10-13(11(12)15)18-21-17-10/h2-6,16H,1H3,(H,19,20). The largest absolute Gasteiger partial charge is 0.478 e. The van der Waals surface area contributed by atoms with Crippen molar-refractivity contribution in [2.45, 2.75) is 6.92 Å². The van der Waals surface area contributed by atoms with Crippen LogP contribution in [-0.2, 0) is 0 Å². The van der Waals surface area contributed by atoms with Crippen LogP contribution in [0.4, 0.5) is 15.8 Å². The normalized spacial score (nSPS) is 10.8. The zero-order valence-electron chi connectivity index (χ0n) is 10.9. The molecule has 3 aromatic rings. The molecule has 0 bridgehead atoms. The van der Waals surface area contributed by atoms with E-state index < -0.39 is 11.8 Å². The number of carboxylic acids is 1. The molecule has 6 nitrogen and oxygen atoms in total. The molecule has 0 spiro atoms. The van der Waals surface area contributed by atoms with Crippen LogP contribution in [0.5, 0.6) is 0 Å². The molecule has 0 fully saturated rings. The quantitative estimate of drug-likeness (QED) is 0.769. The van der Waals surface area contributed by atoms with Crippen molar-refractivity contribution >= 4 is 28.4 Å². The monoisotopic (exact) mass is 287 g/mol. The Bertz CT molecular complexity index is 845. The van der Waals surface area contributed by atoms with Gasteiger partial charge in [0.05, 0.1) is 11.3 Å². The first-order valence-electron chi connectivity index (χ1n) is 6.08. The Morgan fingerprint density at radius 3 is 2.81 bits per heavy atom. The van der Waals surface area contributed by atoms with Crippen molar-refractivity contribution in [1.29, 1.82) is 0 Å². The van der Waals surface area contributed by atoms with Gasteiger partial charge in [0.25, 0.3) is 0 Å². The lowest BCUT2D eigenvalue weighted by Gasteiger charge is -2.12. The van der Waals surface area contributed by atoms with Crippen LogP contribution in [0.25, 0.3) is 11.0 Å². The minimum absolute atomic E-state index is 0.0558. The van der Waals surface area contributed by atoms with Gasteiger partial charge in [-0.3, -0.25) is 0 Å². The fraction of sp³-hybridized carbons (Fsp3) is 0.0714. The summed E-state index contributed by atoms with van der Waals surface area (Å²) in [7, 11) is 0. The van der Waals surface area contributed by atoms with Crippen molar-refractivity contribution in [3.63, 3.8) is 0 Å². The molecule has 3 rings (SSSR count). The van der Waals surface area contributed by atoms with Crippen molar-refractivity contribution in [1.82, 2.24) is 10.3 Å². The Morgan fingerprint density at radius 2 is 2.10 bits per heavy atom. The summed E-state index contributed by atoms with van der Waals surface area (Å²) < 4.78 is 18.9. The van der Waals surface area contributed by atoms with Crippen LogP contribution in [-0.4, -0.2) is 21.4 Å². The van der Waals surface area contributed by atoms with E-state index in [1.165, 1.54) is 6.07 Å². The second-order valence-electron chi connectivity index (χ2n) is 4.49. The molecule has 106 valence electrons. The summed E-state index contributed by atoms with van der Waals surface area (Å²) in [5, 5.41) is 19.0. The van der Waals surface area contributed by atoms with E-state index in [0.717, 1.165) is 5.56 Å². The van der Waals surface area contributed by atoms with E-state index in [4.69, 9.17) is 0 Å². The number of benzene rings is 2. The first kappa shape index (κ1) is 13.0. The van der Waals surface area contributed by atoms with Crippen molar-refractivity contribution in [3.05, 3.63) is 47.3 Å². The van der Waals surface area contributed by atoms with E-state index in [-0.39, 0.29) is 22.3 Å². The minimum Gasteiger partial charge on any atom is -0.478 e. The molecule has 0 aliphatic carbocycles. The Hall–Kier alpha value is -2.96. The molecule has 0 saturated carbocycles. The molecule has 1 aromatic heterocycles. The maximum absolute atomic E-state index is 14.5. The number of aryl methyl sites for hydroxylation is 1. The van der Waals surface area contributed by atoms with Gasteiger partial charge in [-0.15, -0.1) is 0 Å². The summed E-state index contributed by atoms with van der Waals surface area (Å²) in [6, 6.07) is 8.38. The fourth-order valence-corrected chi connectivity index (χ4v) is 2.03. The lowest BCUT2D eigenvalue weighted by molar-refractivity contribution is 0.0697. The second kappa shape index (κ2) is 4.86. The van der Waals surface area contributed by atoms with Crippen LogP contribution in [0.15, 0.2) is 35.0 Å². The van der Waals surface area contributed by atoms with Gasteiger partial charge in [-0.2, -0.15) is 0 Å². The summed E-state index contributed by atoms with van der Waals surface area (Å²) in [4.78, 5) is 11.3. The lowest BCUT2D eigenvalue weighted by Crippen LogP contribution is -2.06. The number of anilines is 2. The van der Waals surface area contributed by atoms with Gasteiger partial charge in [-0.25, -0.2) is 13.8 Å². The average molecular weight is 287 g/mol. The topological polar surface area (TPSA) is 88.2 Å². The number of carbonyl (C=O) groups is 1. The molecule has 2 aromatic carbocycles. The molecule has 0 aliphatic rings. The second-order valence-corrected chi connectivity index (χ2v) is 4.49. The van der Waals surface area contributed by atoms with Crippen LogP contribution in [0, 0.1) is 12.7 Å².